The Morgan fingerprint density at radius 2 is 2.24 bits per heavy atom. The van der Waals surface area contributed by atoms with Crippen LogP contribution in [0.2, 0.25) is 0 Å². The second-order valence-corrected chi connectivity index (χ2v) is 7.74. The predicted molar refractivity (Wildman–Crippen MR) is 91.0 cm³/mol. The van der Waals surface area contributed by atoms with E-state index < -0.39 is 0 Å². The lowest BCUT2D eigenvalue weighted by Crippen LogP contribution is -2.53. The minimum absolute atomic E-state index is 0.858. The molecule has 3 rings (SSSR count). The van der Waals surface area contributed by atoms with Crippen LogP contribution in [0.4, 0.5) is 0 Å². The molecule has 118 valence electrons. The van der Waals surface area contributed by atoms with Gasteiger partial charge in [0.25, 0.3) is 0 Å². The lowest BCUT2D eigenvalue weighted by molar-refractivity contribution is 0.0391. The van der Waals surface area contributed by atoms with Crippen molar-refractivity contribution >= 4 is 11.3 Å². The summed E-state index contributed by atoms with van der Waals surface area (Å²) in [5.74, 6) is 0.914. The lowest BCUT2D eigenvalue weighted by Gasteiger charge is -2.46. The van der Waals surface area contributed by atoms with E-state index in [-0.39, 0.29) is 0 Å². The Bertz CT molecular complexity index is 445. The van der Waals surface area contributed by atoms with Gasteiger partial charge in [-0.05, 0) is 69.3 Å². The smallest absolute Gasteiger partial charge is 0.0302 e. The molecule has 21 heavy (non-hydrogen) atoms. The van der Waals surface area contributed by atoms with Crippen LogP contribution in [0.15, 0.2) is 11.4 Å². The quantitative estimate of drug-likeness (QED) is 0.844. The zero-order valence-corrected chi connectivity index (χ0v) is 14.3. The van der Waals surface area contributed by atoms with Gasteiger partial charge in [-0.1, -0.05) is 0 Å². The molecule has 0 saturated carbocycles. The van der Waals surface area contributed by atoms with Crippen LogP contribution in [0.5, 0.6) is 0 Å². The average molecular weight is 308 g/mol. The van der Waals surface area contributed by atoms with Crippen molar-refractivity contribution in [2.45, 2.75) is 38.8 Å². The molecule has 0 spiro atoms. The highest BCUT2D eigenvalue weighted by Crippen LogP contribution is 2.29. The molecule has 2 unspecified atom stereocenters. The second kappa shape index (κ2) is 7.23. The van der Waals surface area contributed by atoms with E-state index in [9.17, 15) is 0 Å². The normalized spacial score (nSPS) is 27.7. The molecule has 3 heterocycles. The number of hydrogen-bond donors (Lipinski definition) is 1. The maximum Gasteiger partial charge on any atom is 0.0302 e. The Labute approximate surface area is 133 Å². The summed E-state index contributed by atoms with van der Waals surface area (Å²) >= 11 is 1.87. The first kappa shape index (κ1) is 15.5. The van der Waals surface area contributed by atoms with Crippen LogP contribution in [0, 0.1) is 12.8 Å². The van der Waals surface area contributed by atoms with Crippen molar-refractivity contribution in [3.05, 3.63) is 21.9 Å². The lowest BCUT2D eigenvalue weighted by atomic mass is 9.84. The van der Waals surface area contributed by atoms with Crippen LogP contribution < -0.4 is 5.32 Å². The summed E-state index contributed by atoms with van der Waals surface area (Å²) in [6.45, 7) is 9.47. The van der Waals surface area contributed by atoms with Gasteiger partial charge in [0.05, 0.1) is 0 Å². The van der Waals surface area contributed by atoms with Crippen molar-refractivity contribution in [3.8, 4) is 0 Å². The molecule has 2 saturated heterocycles. The number of piperidine rings is 2. The van der Waals surface area contributed by atoms with Crippen LogP contribution in [0.3, 0.4) is 0 Å². The molecule has 2 aliphatic heterocycles. The standard InChI is InChI=1S/C17H29N3S/c1-14-6-11-21-17(14)12-18-7-10-20-9-5-16-15(13-20)4-3-8-19(16)2/h6,11,15-16,18H,3-5,7-10,12-13H2,1-2H3. The molecule has 1 aromatic heterocycles. The summed E-state index contributed by atoms with van der Waals surface area (Å²) in [6, 6.07) is 3.07. The molecule has 2 fully saturated rings. The summed E-state index contributed by atoms with van der Waals surface area (Å²) in [5.41, 5.74) is 1.43. The molecule has 3 nitrogen and oxygen atoms in total. The number of likely N-dealkylation sites (tertiary alicyclic amines) is 2. The topological polar surface area (TPSA) is 18.5 Å². The van der Waals surface area contributed by atoms with Gasteiger partial charge in [0.15, 0.2) is 0 Å². The van der Waals surface area contributed by atoms with Gasteiger partial charge in [0.1, 0.15) is 0 Å². The van der Waals surface area contributed by atoms with E-state index in [0.29, 0.717) is 0 Å². The first-order valence-electron chi connectivity index (χ1n) is 8.40. The summed E-state index contributed by atoms with van der Waals surface area (Å²) < 4.78 is 0. The Hall–Kier alpha value is -0.420. The zero-order valence-electron chi connectivity index (χ0n) is 13.5. The molecule has 2 atom stereocenters. The molecule has 0 aliphatic carbocycles. The third-order valence-electron chi connectivity index (χ3n) is 5.29. The van der Waals surface area contributed by atoms with Crippen LogP contribution in [0.1, 0.15) is 29.7 Å². The van der Waals surface area contributed by atoms with E-state index in [0.717, 1.165) is 25.0 Å². The van der Waals surface area contributed by atoms with Gasteiger partial charge in [0.2, 0.25) is 0 Å². The molecule has 0 amide bonds. The number of nitrogens with one attached hydrogen (secondary N) is 1. The van der Waals surface area contributed by atoms with Crippen molar-refractivity contribution < 1.29 is 0 Å². The fraction of sp³-hybridized carbons (Fsp3) is 0.765. The number of hydrogen-bond acceptors (Lipinski definition) is 4. The molecule has 1 N–H and O–H groups in total. The molecule has 2 aliphatic rings. The predicted octanol–water partition coefficient (Wildman–Crippen LogP) is 2.56. The monoisotopic (exact) mass is 307 g/mol. The Kier molecular flexibility index (Phi) is 5.33. The van der Waals surface area contributed by atoms with E-state index in [1.54, 1.807) is 0 Å². The van der Waals surface area contributed by atoms with E-state index in [2.05, 4.69) is 40.5 Å². The van der Waals surface area contributed by atoms with Crippen molar-refractivity contribution in [2.75, 3.05) is 39.8 Å². The third kappa shape index (κ3) is 3.86. The van der Waals surface area contributed by atoms with Gasteiger partial charge < -0.3 is 15.1 Å². The number of aryl methyl sites for hydroxylation is 1. The highest BCUT2D eigenvalue weighted by Gasteiger charge is 2.33. The molecule has 0 radical (unpaired) electrons. The number of nitrogens with zero attached hydrogens (tertiary/aromatic N) is 2. The maximum absolute atomic E-state index is 3.62. The first-order chi connectivity index (χ1) is 10.2. The first-order valence-corrected chi connectivity index (χ1v) is 9.28. The van der Waals surface area contributed by atoms with Gasteiger partial charge in [-0.25, -0.2) is 0 Å². The molecule has 0 bridgehead atoms. The van der Waals surface area contributed by atoms with Gasteiger partial charge in [-0.15, -0.1) is 11.3 Å². The van der Waals surface area contributed by atoms with Crippen LogP contribution in [-0.4, -0.2) is 55.6 Å². The van der Waals surface area contributed by atoms with E-state index in [1.807, 2.05) is 11.3 Å². The molecule has 4 heteroatoms. The van der Waals surface area contributed by atoms with Crippen molar-refractivity contribution in [3.63, 3.8) is 0 Å². The van der Waals surface area contributed by atoms with Gasteiger partial charge in [-0.3, -0.25) is 0 Å². The largest absolute Gasteiger partial charge is 0.311 e. The molecule has 0 aromatic carbocycles. The summed E-state index contributed by atoms with van der Waals surface area (Å²) in [5, 5.41) is 5.81. The Morgan fingerprint density at radius 3 is 3.05 bits per heavy atom. The zero-order chi connectivity index (χ0) is 14.7. The van der Waals surface area contributed by atoms with Crippen molar-refractivity contribution in [1.82, 2.24) is 15.1 Å². The molecular weight excluding hydrogens is 278 g/mol. The Balaban J connectivity index is 1.38. The maximum atomic E-state index is 3.62. The van der Waals surface area contributed by atoms with Crippen molar-refractivity contribution in [2.24, 2.45) is 5.92 Å². The highest BCUT2D eigenvalue weighted by molar-refractivity contribution is 7.10. The summed E-state index contributed by atoms with van der Waals surface area (Å²) in [7, 11) is 2.32. The van der Waals surface area contributed by atoms with Gasteiger partial charge >= 0.3 is 0 Å². The average Bonchev–Trinajstić information content (AvgIpc) is 2.89. The number of rotatable bonds is 5. The number of fused-ring (bicyclic) bond motifs is 1. The molecular formula is C17H29N3S. The van der Waals surface area contributed by atoms with E-state index >= 15 is 0 Å². The Morgan fingerprint density at radius 1 is 1.33 bits per heavy atom. The molecule has 1 aromatic rings. The van der Waals surface area contributed by atoms with Crippen LogP contribution in [0.25, 0.3) is 0 Å². The van der Waals surface area contributed by atoms with Crippen molar-refractivity contribution in [1.29, 1.82) is 0 Å². The van der Waals surface area contributed by atoms with Crippen LogP contribution in [-0.2, 0) is 6.54 Å². The SMILES string of the molecule is Cc1ccsc1CNCCN1CCC2C(CCCN2C)C1. The van der Waals surface area contributed by atoms with Gasteiger partial charge in [0, 0.05) is 37.1 Å². The minimum Gasteiger partial charge on any atom is -0.311 e. The van der Waals surface area contributed by atoms with Gasteiger partial charge in [-0.2, -0.15) is 0 Å². The third-order valence-corrected chi connectivity index (χ3v) is 6.31. The number of thiophene rings is 1. The van der Waals surface area contributed by atoms with E-state index in [4.69, 9.17) is 0 Å². The summed E-state index contributed by atoms with van der Waals surface area (Å²) in [4.78, 5) is 6.76. The fourth-order valence-corrected chi connectivity index (χ4v) is 4.83. The van der Waals surface area contributed by atoms with Crippen LogP contribution >= 0.6 is 11.3 Å². The minimum atomic E-state index is 0.858. The second-order valence-electron chi connectivity index (χ2n) is 6.74. The fourth-order valence-electron chi connectivity index (χ4n) is 3.96. The van der Waals surface area contributed by atoms with E-state index in [1.165, 1.54) is 55.9 Å². The summed E-state index contributed by atoms with van der Waals surface area (Å²) in [6.07, 6.45) is 4.19. The highest BCUT2D eigenvalue weighted by atomic mass is 32.1.